The zero-order valence-electron chi connectivity index (χ0n) is 12.2. The third kappa shape index (κ3) is 2.69. The van der Waals surface area contributed by atoms with Gasteiger partial charge in [0.1, 0.15) is 0 Å². The van der Waals surface area contributed by atoms with Crippen LogP contribution < -0.4 is 5.32 Å². The Balaban J connectivity index is 1.65. The first kappa shape index (κ1) is 13.5. The Morgan fingerprint density at radius 3 is 3.20 bits per heavy atom. The molecule has 1 aliphatic rings. The summed E-state index contributed by atoms with van der Waals surface area (Å²) < 4.78 is 7.91. The fourth-order valence-corrected chi connectivity index (χ4v) is 2.80. The predicted octanol–water partition coefficient (Wildman–Crippen LogP) is 2.17. The average Bonchev–Trinajstić information content (AvgIpc) is 2.89. The van der Waals surface area contributed by atoms with Gasteiger partial charge in [-0.2, -0.15) is 0 Å². The van der Waals surface area contributed by atoms with E-state index in [9.17, 15) is 0 Å². The van der Waals surface area contributed by atoms with Gasteiger partial charge in [-0.25, -0.2) is 0 Å². The summed E-state index contributed by atoms with van der Waals surface area (Å²) in [5.41, 5.74) is 0.915. The van der Waals surface area contributed by atoms with Crippen molar-refractivity contribution < 1.29 is 4.74 Å². The van der Waals surface area contributed by atoms with Crippen LogP contribution in [0.25, 0.3) is 5.65 Å². The normalized spacial score (nSPS) is 27.0. The lowest BCUT2D eigenvalue weighted by atomic mass is 9.90. The molecule has 5 heteroatoms. The van der Waals surface area contributed by atoms with Crippen molar-refractivity contribution in [2.75, 3.05) is 6.61 Å². The number of rotatable bonds is 4. The quantitative estimate of drug-likeness (QED) is 0.928. The summed E-state index contributed by atoms with van der Waals surface area (Å²) in [6, 6.07) is 6.44. The molecule has 0 amide bonds. The third-order valence-electron chi connectivity index (χ3n) is 4.28. The van der Waals surface area contributed by atoms with E-state index in [1.807, 2.05) is 28.8 Å². The van der Waals surface area contributed by atoms with Crippen LogP contribution in [0, 0.1) is 0 Å². The first-order valence-electron chi connectivity index (χ1n) is 7.36. The van der Waals surface area contributed by atoms with Gasteiger partial charge in [-0.1, -0.05) is 13.0 Å². The Labute approximate surface area is 119 Å². The summed E-state index contributed by atoms with van der Waals surface area (Å²) >= 11 is 0. The molecular weight excluding hydrogens is 252 g/mol. The SMILES string of the molecule is CCC1(C)CC(NCc2nnc3ccccn23)CCO1. The Hall–Kier alpha value is -1.46. The maximum absolute atomic E-state index is 5.88. The molecule has 0 saturated carbocycles. The third-order valence-corrected chi connectivity index (χ3v) is 4.28. The zero-order chi connectivity index (χ0) is 14.0. The van der Waals surface area contributed by atoms with Crippen LogP contribution in [-0.4, -0.2) is 32.8 Å². The number of nitrogens with zero attached hydrogens (tertiary/aromatic N) is 3. The van der Waals surface area contributed by atoms with Crippen LogP contribution in [0.1, 0.15) is 38.9 Å². The van der Waals surface area contributed by atoms with E-state index in [1.165, 1.54) is 0 Å². The molecule has 0 spiro atoms. The van der Waals surface area contributed by atoms with Crippen molar-refractivity contribution in [1.82, 2.24) is 19.9 Å². The molecule has 2 aromatic rings. The number of pyridine rings is 1. The van der Waals surface area contributed by atoms with Crippen molar-refractivity contribution in [3.05, 3.63) is 30.2 Å². The summed E-state index contributed by atoms with van der Waals surface area (Å²) in [5.74, 6) is 0.963. The average molecular weight is 274 g/mol. The molecule has 0 aliphatic carbocycles. The lowest BCUT2D eigenvalue weighted by Gasteiger charge is -2.38. The highest BCUT2D eigenvalue weighted by Crippen LogP contribution is 2.27. The van der Waals surface area contributed by atoms with E-state index >= 15 is 0 Å². The van der Waals surface area contributed by atoms with Crippen LogP contribution in [0.2, 0.25) is 0 Å². The summed E-state index contributed by atoms with van der Waals surface area (Å²) in [6.45, 7) is 5.97. The van der Waals surface area contributed by atoms with Gasteiger partial charge in [0.25, 0.3) is 0 Å². The number of fused-ring (bicyclic) bond motifs is 1. The van der Waals surface area contributed by atoms with Crippen LogP contribution in [0.3, 0.4) is 0 Å². The van der Waals surface area contributed by atoms with Gasteiger partial charge < -0.3 is 10.1 Å². The van der Waals surface area contributed by atoms with Crippen molar-refractivity contribution in [2.45, 2.75) is 51.3 Å². The number of hydrogen-bond donors (Lipinski definition) is 1. The number of ether oxygens (including phenoxy) is 1. The van der Waals surface area contributed by atoms with Gasteiger partial charge in [0, 0.05) is 18.8 Å². The van der Waals surface area contributed by atoms with E-state index in [4.69, 9.17) is 4.74 Å². The van der Waals surface area contributed by atoms with Crippen LogP contribution in [0.5, 0.6) is 0 Å². The lowest BCUT2D eigenvalue weighted by molar-refractivity contribution is -0.0781. The van der Waals surface area contributed by atoms with Crippen molar-refractivity contribution in [3.8, 4) is 0 Å². The van der Waals surface area contributed by atoms with Crippen LogP contribution in [-0.2, 0) is 11.3 Å². The highest BCUT2D eigenvalue weighted by Gasteiger charge is 2.31. The Morgan fingerprint density at radius 1 is 1.45 bits per heavy atom. The molecule has 0 bridgehead atoms. The second-order valence-corrected chi connectivity index (χ2v) is 5.77. The highest BCUT2D eigenvalue weighted by atomic mass is 16.5. The van der Waals surface area contributed by atoms with Crippen LogP contribution in [0.4, 0.5) is 0 Å². The minimum Gasteiger partial charge on any atom is -0.375 e. The van der Waals surface area contributed by atoms with Crippen molar-refractivity contribution in [3.63, 3.8) is 0 Å². The molecule has 108 valence electrons. The Bertz CT molecular complexity index is 582. The predicted molar refractivity (Wildman–Crippen MR) is 77.5 cm³/mol. The molecule has 2 unspecified atom stereocenters. The van der Waals surface area contributed by atoms with E-state index < -0.39 is 0 Å². The zero-order valence-corrected chi connectivity index (χ0v) is 12.2. The molecular formula is C15H22N4O. The number of hydrogen-bond acceptors (Lipinski definition) is 4. The standard InChI is InChI=1S/C15H22N4O/c1-3-15(2)10-12(7-9-20-15)16-11-14-18-17-13-6-4-5-8-19(13)14/h4-6,8,12,16H,3,7,9-11H2,1-2H3. The molecule has 0 radical (unpaired) electrons. The van der Waals surface area contributed by atoms with Gasteiger partial charge in [0.05, 0.1) is 12.1 Å². The van der Waals surface area contributed by atoms with E-state index in [0.717, 1.165) is 43.9 Å². The van der Waals surface area contributed by atoms with Crippen LogP contribution in [0.15, 0.2) is 24.4 Å². The molecule has 1 saturated heterocycles. The van der Waals surface area contributed by atoms with E-state index in [0.29, 0.717) is 6.04 Å². The largest absolute Gasteiger partial charge is 0.375 e. The van der Waals surface area contributed by atoms with Crippen molar-refractivity contribution >= 4 is 5.65 Å². The molecule has 1 fully saturated rings. The molecule has 3 rings (SSSR count). The molecule has 2 atom stereocenters. The second-order valence-electron chi connectivity index (χ2n) is 5.77. The van der Waals surface area contributed by atoms with E-state index in [-0.39, 0.29) is 5.60 Å². The summed E-state index contributed by atoms with van der Waals surface area (Å²) in [6.07, 6.45) is 5.18. The second kappa shape index (κ2) is 5.50. The maximum atomic E-state index is 5.88. The Morgan fingerprint density at radius 2 is 2.35 bits per heavy atom. The highest BCUT2D eigenvalue weighted by molar-refractivity contribution is 5.36. The maximum Gasteiger partial charge on any atom is 0.160 e. The lowest BCUT2D eigenvalue weighted by Crippen LogP contribution is -2.44. The van der Waals surface area contributed by atoms with Gasteiger partial charge in [-0.15, -0.1) is 10.2 Å². The van der Waals surface area contributed by atoms with Gasteiger partial charge in [0.2, 0.25) is 0 Å². The minimum absolute atomic E-state index is 0.0167. The van der Waals surface area contributed by atoms with Gasteiger partial charge in [0.15, 0.2) is 11.5 Å². The first-order valence-corrected chi connectivity index (χ1v) is 7.36. The summed E-state index contributed by atoms with van der Waals surface area (Å²) in [5, 5.41) is 12.0. The molecule has 0 aromatic carbocycles. The van der Waals surface area contributed by atoms with Crippen molar-refractivity contribution in [2.24, 2.45) is 0 Å². The molecule has 2 aromatic heterocycles. The molecule has 20 heavy (non-hydrogen) atoms. The number of aromatic nitrogens is 3. The summed E-state index contributed by atoms with van der Waals surface area (Å²) in [4.78, 5) is 0. The minimum atomic E-state index is 0.0167. The van der Waals surface area contributed by atoms with E-state index in [2.05, 4.69) is 29.4 Å². The molecule has 3 heterocycles. The first-order chi connectivity index (χ1) is 9.70. The number of nitrogens with one attached hydrogen (secondary N) is 1. The summed E-state index contributed by atoms with van der Waals surface area (Å²) in [7, 11) is 0. The van der Waals surface area contributed by atoms with Gasteiger partial charge in [-0.05, 0) is 38.3 Å². The Kier molecular flexibility index (Phi) is 3.72. The molecule has 1 N–H and O–H groups in total. The van der Waals surface area contributed by atoms with Gasteiger partial charge in [-0.3, -0.25) is 4.40 Å². The fraction of sp³-hybridized carbons (Fsp3) is 0.600. The molecule has 1 aliphatic heterocycles. The monoisotopic (exact) mass is 274 g/mol. The van der Waals surface area contributed by atoms with E-state index in [1.54, 1.807) is 0 Å². The fourth-order valence-electron chi connectivity index (χ4n) is 2.80. The topological polar surface area (TPSA) is 51.5 Å². The smallest absolute Gasteiger partial charge is 0.160 e. The molecule has 5 nitrogen and oxygen atoms in total. The van der Waals surface area contributed by atoms with Crippen molar-refractivity contribution in [1.29, 1.82) is 0 Å². The van der Waals surface area contributed by atoms with Crippen LogP contribution >= 0.6 is 0 Å². The van der Waals surface area contributed by atoms with Gasteiger partial charge >= 0.3 is 0 Å².